The molecule has 0 amide bonds. The van der Waals surface area contributed by atoms with E-state index in [1.165, 1.54) is 68.9 Å². The Morgan fingerprint density at radius 1 is 0.917 bits per heavy atom. The van der Waals surface area contributed by atoms with Gasteiger partial charge in [-0.3, -0.25) is 0 Å². The minimum Gasteiger partial charge on any atom is -0.336 e. The van der Waals surface area contributed by atoms with Gasteiger partial charge in [-0.1, -0.05) is 95.8 Å². The molecule has 1 heterocycles. The zero-order valence-corrected chi connectivity index (χ0v) is 16.0. The molecule has 0 fully saturated rings. The van der Waals surface area contributed by atoms with Gasteiger partial charge in [0.05, 0.1) is 0 Å². The number of nitrogens with zero attached hydrogens (tertiary/aromatic N) is 1. The third-order valence-electron chi connectivity index (χ3n) is 4.22. The molecule has 136 valence electrons. The molecule has 0 unspecified atom stereocenters. The number of hydrogen-bond donors (Lipinski definition) is 0. The van der Waals surface area contributed by atoms with Gasteiger partial charge in [-0.2, -0.15) is 4.73 Å². The van der Waals surface area contributed by atoms with Gasteiger partial charge in [0, 0.05) is 12.6 Å². The standard InChI is InChI=1S/C20H33NO2S/c1-2-3-4-5-6-7-8-9-10-11-12-13-17-20(22)23-21-18-15-14-16-19(21)24/h14-16,18H,2-13,17H2,1H3. The summed E-state index contributed by atoms with van der Waals surface area (Å²) in [5.41, 5.74) is 0. The lowest BCUT2D eigenvalue weighted by atomic mass is 10.0. The van der Waals surface area contributed by atoms with Crippen LogP contribution in [-0.2, 0) is 4.79 Å². The zero-order chi connectivity index (χ0) is 17.5. The molecular weight excluding hydrogens is 318 g/mol. The van der Waals surface area contributed by atoms with Gasteiger partial charge in [0.15, 0.2) is 0 Å². The van der Waals surface area contributed by atoms with Crippen molar-refractivity contribution < 1.29 is 9.63 Å². The van der Waals surface area contributed by atoms with E-state index in [1.54, 1.807) is 18.3 Å². The molecule has 0 saturated carbocycles. The molecule has 0 radical (unpaired) electrons. The lowest BCUT2D eigenvalue weighted by Crippen LogP contribution is -2.19. The summed E-state index contributed by atoms with van der Waals surface area (Å²) in [4.78, 5) is 17.0. The number of unbranched alkanes of at least 4 members (excludes halogenated alkanes) is 11. The number of hydrogen-bond acceptors (Lipinski definition) is 3. The van der Waals surface area contributed by atoms with E-state index in [-0.39, 0.29) is 5.97 Å². The van der Waals surface area contributed by atoms with Crippen molar-refractivity contribution in [2.24, 2.45) is 0 Å². The Labute approximate surface area is 152 Å². The fourth-order valence-electron chi connectivity index (χ4n) is 2.75. The molecule has 0 aromatic carbocycles. The number of carbonyl (C=O) groups excluding carboxylic acids is 1. The Kier molecular flexibility index (Phi) is 12.4. The first-order chi connectivity index (χ1) is 11.7. The summed E-state index contributed by atoms with van der Waals surface area (Å²) in [5, 5.41) is 0. The van der Waals surface area contributed by atoms with Crippen LogP contribution in [0.1, 0.15) is 90.4 Å². The maximum Gasteiger partial charge on any atom is 0.332 e. The third kappa shape index (κ3) is 10.6. The number of pyridine rings is 1. The van der Waals surface area contributed by atoms with Gasteiger partial charge in [0.2, 0.25) is 0 Å². The maximum absolute atomic E-state index is 11.8. The van der Waals surface area contributed by atoms with Crippen LogP contribution in [0.4, 0.5) is 0 Å². The SMILES string of the molecule is CCCCCCCCCCCCCCC(=O)On1ccccc1=S. The first-order valence-electron chi connectivity index (χ1n) is 9.63. The molecule has 0 N–H and O–H groups in total. The van der Waals surface area contributed by atoms with Crippen LogP contribution in [0.2, 0.25) is 0 Å². The fourth-order valence-corrected chi connectivity index (χ4v) is 2.93. The molecular formula is C20H33NO2S. The highest BCUT2D eigenvalue weighted by Gasteiger charge is 2.04. The van der Waals surface area contributed by atoms with Crippen LogP contribution in [0.3, 0.4) is 0 Å². The smallest absolute Gasteiger partial charge is 0.332 e. The first kappa shape index (κ1) is 20.9. The average molecular weight is 352 g/mol. The summed E-state index contributed by atoms with van der Waals surface area (Å²) < 4.78 is 1.87. The highest BCUT2D eigenvalue weighted by atomic mass is 32.1. The predicted molar refractivity (Wildman–Crippen MR) is 103 cm³/mol. The van der Waals surface area contributed by atoms with Crippen molar-refractivity contribution >= 4 is 18.2 Å². The predicted octanol–water partition coefficient (Wildman–Crippen LogP) is 6.26. The van der Waals surface area contributed by atoms with E-state index in [9.17, 15) is 4.79 Å². The molecule has 4 heteroatoms. The molecule has 0 atom stereocenters. The van der Waals surface area contributed by atoms with Gasteiger partial charge in [0.1, 0.15) is 4.64 Å². The summed E-state index contributed by atoms with van der Waals surface area (Å²) in [7, 11) is 0. The quantitative estimate of drug-likeness (QED) is 0.292. The van der Waals surface area contributed by atoms with Crippen molar-refractivity contribution in [2.75, 3.05) is 0 Å². The second kappa shape index (κ2) is 14.2. The van der Waals surface area contributed by atoms with E-state index >= 15 is 0 Å². The van der Waals surface area contributed by atoms with Gasteiger partial charge in [0.25, 0.3) is 0 Å². The molecule has 0 aliphatic rings. The van der Waals surface area contributed by atoms with E-state index < -0.39 is 0 Å². The van der Waals surface area contributed by atoms with Gasteiger partial charge >= 0.3 is 5.97 Å². The summed E-state index contributed by atoms with van der Waals surface area (Å²) in [6, 6.07) is 5.37. The Bertz CT molecular complexity index is 498. The minimum atomic E-state index is -0.204. The van der Waals surface area contributed by atoms with Gasteiger partial charge < -0.3 is 4.84 Å². The molecule has 1 aromatic rings. The van der Waals surface area contributed by atoms with Crippen molar-refractivity contribution in [2.45, 2.75) is 90.4 Å². The Balaban J connectivity index is 1.90. The molecule has 0 spiro atoms. The van der Waals surface area contributed by atoms with Crippen LogP contribution < -0.4 is 4.84 Å². The molecule has 0 aliphatic carbocycles. The van der Waals surface area contributed by atoms with Crippen molar-refractivity contribution in [1.82, 2.24) is 4.73 Å². The molecule has 24 heavy (non-hydrogen) atoms. The monoisotopic (exact) mass is 351 g/mol. The highest BCUT2D eigenvalue weighted by Crippen LogP contribution is 2.12. The fraction of sp³-hybridized carbons (Fsp3) is 0.700. The van der Waals surface area contributed by atoms with Crippen molar-refractivity contribution in [1.29, 1.82) is 0 Å². The Morgan fingerprint density at radius 2 is 1.46 bits per heavy atom. The molecule has 3 nitrogen and oxygen atoms in total. The minimum absolute atomic E-state index is 0.204. The van der Waals surface area contributed by atoms with Crippen molar-refractivity contribution in [3.05, 3.63) is 29.0 Å². The summed E-state index contributed by atoms with van der Waals surface area (Å²) >= 11 is 5.09. The van der Waals surface area contributed by atoms with Gasteiger partial charge in [-0.05, 0) is 18.6 Å². The average Bonchev–Trinajstić information content (AvgIpc) is 2.58. The number of carbonyl (C=O) groups is 1. The summed E-state index contributed by atoms with van der Waals surface area (Å²) in [6.45, 7) is 2.26. The van der Waals surface area contributed by atoms with Crippen molar-refractivity contribution in [3.63, 3.8) is 0 Å². The van der Waals surface area contributed by atoms with E-state index in [0.717, 1.165) is 12.8 Å². The largest absolute Gasteiger partial charge is 0.336 e. The van der Waals surface area contributed by atoms with Crippen LogP contribution in [0.15, 0.2) is 24.4 Å². The summed E-state index contributed by atoms with van der Waals surface area (Å²) in [5.74, 6) is -0.204. The Hall–Kier alpha value is -1.16. The number of rotatable bonds is 14. The van der Waals surface area contributed by atoms with Crippen LogP contribution in [0.25, 0.3) is 0 Å². The highest BCUT2D eigenvalue weighted by molar-refractivity contribution is 7.71. The normalized spacial score (nSPS) is 10.7. The zero-order valence-electron chi connectivity index (χ0n) is 15.2. The molecule has 0 bridgehead atoms. The second-order valence-corrected chi connectivity index (χ2v) is 6.89. The van der Waals surface area contributed by atoms with Gasteiger partial charge in [-0.15, -0.1) is 0 Å². The lowest BCUT2D eigenvalue weighted by molar-refractivity contribution is -0.144. The second-order valence-electron chi connectivity index (χ2n) is 6.47. The molecule has 1 rings (SSSR count). The van der Waals surface area contributed by atoms with Crippen molar-refractivity contribution in [3.8, 4) is 0 Å². The maximum atomic E-state index is 11.8. The van der Waals surface area contributed by atoms with Crippen LogP contribution in [0.5, 0.6) is 0 Å². The first-order valence-corrected chi connectivity index (χ1v) is 10.0. The van der Waals surface area contributed by atoms with Gasteiger partial charge in [-0.25, -0.2) is 4.79 Å². The third-order valence-corrected chi connectivity index (χ3v) is 4.54. The van der Waals surface area contributed by atoms with E-state index in [4.69, 9.17) is 17.1 Å². The van der Waals surface area contributed by atoms with Crippen LogP contribution in [0, 0.1) is 4.64 Å². The number of aromatic nitrogens is 1. The summed E-state index contributed by atoms with van der Waals surface area (Å²) in [6.07, 6.45) is 17.6. The van der Waals surface area contributed by atoms with Crippen LogP contribution >= 0.6 is 12.2 Å². The lowest BCUT2D eigenvalue weighted by Gasteiger charge is -2.06. The van der Waals surface area contributed by atoms with E-state index in [1.807, 2.05) is 6.07 Å². The van der Waals surface area contributed by atoms with E-state index in [0.29, 0.717) is 11.1 Å². The Morgan fingerprint density at radius 3 is 2.00 bits per heavy atom. The topological polar surface area (TPSA) is 31.2 Å². The van der Waals surface area contributed by atoms with E-state index in [2.05, 4.69) is 6.92 Å². The van der Waals surface area contributed by atoms with Crippen LogP contribution in [-0.4, -0.2) is 10.7 Å². The molecule has 1 aromatic heterocycles. The molecule has 0 saturated heterocycles. The molecule has 0 aliphatic heterocycles.